The van der Waals surface area contributed by atoms with Gasteiger partial charge >= 0.3 is 5.97 Å². The second-order valence-electron chi connectivity index (χ2n) is 4.94. The molecule has 2 aliphatic rings. The number of rotatable bonds is 5. The number of esters is 1. The van der Waals surface area contributed by atoms with Crippen LogP contribution < -0.4 is 0 Å². The van der Waals surface area contributed by atoms with Crippen molar-refractivity contribution in [2.24, 2.45) is 5.92 Å². The molecule has 17 heavy (non-hydrogen) atoms. The van der Waals surface area contributed by atoms with Crippen molar-refractivity contribution in [3.63, 3.8) is 0 Å². The molecule has 2 saturated heterocycles. The first-order valence-electron chi connectivity index (χ1n) is 6.78. The van der Waals surface area contributed by atoms with Gasteiger partial charge < -0.3 is 4.74 Å². The highest BCUT2D eigenvalue weighted by Gasteiger charge is 2.33. The molecule has 2 atom stereocenters. The molecule has 0 aromatic rings. The van der Waals surface area contributed by atoms with Gasteiger partial charge in [-0.15, -0.1) is 0 Å². The number of thioether (sulfide) groups is 1. The Bertz CT molecular complexity index is 232. The number of carbonyl (C=O) groups is 1. The van der Waals surface area contributed by atoms with Gasteiger partial charge in [0.25, 0.3) is 0 Å². The summed E-state index contributed by atoms with van der Waals surface area (Å²) in [6.45, 7) is 4.73. The van der Waals surface area contributed by atoms with E-state index in [4.69, 9.17) is 4.74 Å². The predicted molar refractivity (Wildman–Crippen MR) is 71.3 cm³/mol. The predicted octanol–water partition coefficient (Wildman–Crippen LogP) is 2.16. The molecule has 0 aliphatic carbocycles. The highest BCUT2D eigenvalue weighted by atomic mass is 32.2. The number of nitrogens with zero attached hydrogens (tertiary/aromatic N) is 1. The Kier molecular flexibility index (Phi) is 5.16. The van der Waals surface area contributed by atoms with E-state index >= 15 is 0 Å². The Morgan fingerprint density at radius 3 is 2.82 bits per heavy atom. The van der Waals surface area contributed by atoms with E-state index in [1.807, 2.05) is 18.7 Å². The fraction of sp³-hybridized carbons (Fsp3) is 0.923. The Hall–Kier alpha value is -0.220. The molecule has 0 bridgehead atoms. The fourth-order valence-electron chi connectivity index (χ4n) is 2.91. The highest BCUT2D eigenvalue weighted by molar-refractivity contribution is 7.99. The molecule has 3 nitrogen and oxygen atoms in total. The average molecular weight is 257 g/mol. The van der Waals surface area contributed by atoms with Crippen molar-refractivity contribution in [3.8, 4) is 0 Å². The van der Waals surface area contributed by atoms with Crippen LogP contribution in [0.25, 0.3) is 0 Å². The maximum atomic E-state index is 11.7. The quantitative estimate of drug-likeness (QED) is 0.706. The van der Waals surface area contributed by atoms with E-state index in [0.717, 1.165) is 0 Å². The molecule has 0 aromatic heterocycles. The lowest BCUT2D eigenvalue weighted by atomic mass is 9.95. The minimum Gasteiger partial charge on any atom is -0.466 e. The molecule has 98 valence electrons. The lowest BCUT2D eigenvalue weighted by molar-refractivity contribution is -0.144. The molecule has 2 fully saturated rings. The topological polar surface area (TPSA) is 29.5 Å². The van der Waals surface area contributed by atoms with Gasteiger partial charge in [0.05, 0.1) is 13.0 Å². The van der Waals surface area contributed by atoms with Crippen molar-refractivity contribution in [2.75, 3.05) is 31.2 Å². The monoisotopic (exact) mass is 257 g/mol. The number of hydrogen-bond donors (Lipinski definition) is 0. The number of ether oxygens (including phenoxy) is 1. The van der Waals surface area contributed by atoms with Gasteiger partial charge in [0.15, 0.2) is 0 Å². The van der Waals surface area contributed by atoms with Crippen LogP contribution in [0.3, 0.4) is 0 Å². The van der Waals surface area contributed by atoms with Gasteiger partial charge in [-0.1, -0.05) is 0 Å². The van der Waals surface area contributed by atoms with Crippen LogP contribution in [-0.4, -0.2) is 48.1 Å². The second-order valence-corrected chi connectivity index (χ2v) is 6.09. The van der Waals surface area contributed by atoms with E-state index in [1.165, 1.54) is 43.9 Å². The van der Waals surface area contributed by atoms with Gasteiger partial charge in [-0.2, -0.15) is 11.8 Å². The van der Waals surface area contributed by atoms with Crippen molar-refractivity contribution in [1.29, 1.82) is 0 Å². The summed E-state index contributed by atoms with van der Waals surface area (Å²) < 4.78 is 5.12. The van der Waals surface area contributed by atoms with Crippen LogP contribution in [0.2, 0.25) is 0 Å². The first-order valence-corrected chi connectivity index (χ1v) is 7.94. The molecule has 0 saturated carbocycles. The summed E-state index contributed by atoms with van der Waals surface area (Å²) >= 11 is 2.03. The summed E-state index contributed by atoms with van der Waals surface area (Å²) in [5.41, 5.74) is 0. The van der Waals surface area contributed by atoms with E-state index in [2.05, 4.69) is 4.90 Å². The van der Waals surface area contributed by atoms with E-state index < -0.39 is 0 Å². The molecule has 0 amide bonds. The summed E-state index contributed by atoms with van der Waals surface area (Å²) in [5, 5.41) is 0. The Balaban J connectivity index is 1.93. The van der Waals surface area contributed by atoms with E-state index in [1.54, 1.807) is 0 Å². The Labute approximate surface area is 108 Å². The zero-order valence-corrected chi connectivity index (χ0v) is 11.5. The van der Waals surface area contributed by atoms with Crippen LogP contribution in [-0.2, 0) is 9.53 Å². The van der Waals surface area contributed by atoms with Crippen LogP contribution in [0.15, 0.2) is 0 Å². The van der Waals surface area contributed by atoms with Crippen LogP contribution in [0, 0.1) is 5.92 Å². The first kappa shape index (κ1) is 13.2. The highest BCUT2D eigenvalue weighted by Crippen LogP contribution is 2.32. The van der Waals surface area contributed by atoms with E-state index in [0.29, 0.717) is 25.0 Å². The molecule has 2 heterocycles. The van der Waals surface area contributed by atoms with Crippen molar-refractivity contribution in [1.82, 2.24) is 4.90 Å². The molecule has 2 unspecified atom stereocenters. The minimum absolute atomic E-state index is 0.0127. The van der Waals surface area contributed by atoms with Gasteiger partial charge in [-0.05, 0) is 56.7 Å². The fourth-order valence-corrected chi connectivity index (χ4v) is 4.24. The van der Waals surface area contributed by atoms with Gasteiger partial charge in [-0.3, -0.25) is 9.69 Å². The maximum Gasteiger partial charge on any atom is 0.307 e. The molecule has 4 heteroatoms. The van der Waals surface area contributed by atoms with Crippen molar-refractivity contribution < 1.29 is 9.53 Å². The average Bonchev–Trinajstić information content (AvgIpc) is 3.00. The van der Waals surface area contributed by atoms with Gasteiger partial charge in [-0.25, -0.2) is 0 Å². The Morgan fingerprint density at radius 2 is 2.24 bits per heavy atom. The zero-order chi connectivity index (χ0) is 12.1. The Morgan fingerprint density at radius 1 is 1.47 bits per heavy atom. The first-order chi connectivity index (χ1) is 8.31. The van der Waals surface area contributed by atoms with Crippen molar-refractivity contribution in [3.05, 3.63) is 0 Å². The lowest BCUT2D eigenvalue weighted by Crippen LogP contribution is -2.40. The third-order valence-corrected chi connectivity index (χ3v) is 4.99. The third kappa shape index (κ3) is 3.62. The molecule has 0 radical (unpaired) electrons. The summed E-state index contributed by atoms with van der Waals surface area (Å²) in [6.07, 6.45) is 4.45. The molecular formula is C13H23NO2S. The summed E-state index contributed by atoms with van der Waals surface area (Å²) in [7, 11) is 0. The lowest BCUT2D eigenvalue weighted by Gasteiger charge is -2.31. The number of likely N-dealkylation sites (tertiary alicyclic amines) is 1. The van der Waals surface area contributed by atoms with E-state index in [9.17, 15) is 4.79 Å². The largest absolute Gasteiger partial charge is 0.466 e. The standard InChI is InChI=1S/C13H23NO2S/c1-2-16-13(15)9-12(11-5-8-17-10-11)14-6-3-4-7-14/h11-12H,2-10H2,1H3. The van der Waals surface area contributed by atoms with Crippen LogP contribution in [0.4, 0.5) is 0 Å². The SMILES string of the molecule is CCOC(=O)CC(C1CCSC1)N1CCCC1. The van der Waals surface area contributed by atoms with Crippen molar-refractivity contribution in [2.45, 2.75) is 38.6 Å². The smallest absolute Gasteiger partial charge is 0.307 e. The van der Waals surface area contributed by atoms with Crippen LogP contribution >= 0.6 is 11.8 Å². The zero-order valence-electron chi connectivity index (χ0n) is 10.7. The molecule has 0 spiro atoms. The molecule has 2 rings (SSSR count). The molecule has 0 N–H and O–H groups in total. The minimum atomic E-state index is -0.0127. The number of carbonyl (C=O) groups excluding carboxylic acids is 1. The van der Waals surface area contributed by atoms with Crippen molar-refractivity contribution >= 4 is 17.7 Å². The van der Waals surface area contributed by atoms with Crippen LogP contribution in [0.5, 0.6) is 0 Å². The van der Waals surface area contributed by atoms with Crippen LogP contribution in [0.1, 0.15) is 32.6 Å². The van der Waals surface area contributed by atoms with E-state index in [-0.39, 0.29) is 5.97 Å². The molecular weight excluding hydrogens is 234 g/mol. The maximum absolute atomic E-state index is 11.7. The van der Waals surface area contributed by atoms with Gasteiger partial charge in [0, 0.05) is 6.04 Å². The van der Waals surface area contributed by atoms with Gasteiger partial charge in [0.2, 0.25) is 0 Å². The van der Waals surface area contributed by atoms with Gasteiger partial charge in [0.1, 0.15) is 0 Å². The second kappa shape index (κ2) is 6.64. The third-order valence-electron chi connectivity index (χ3n) is 3.80. The molecule has 0 aromatic carbocycles. The summed E-state index contributed by atoms with van der Waals surface area (Å²) in [5.74, 6) is 3.17. The number of hydrogen-bond acceptors (Lipinski definition) is 4. The normalized spacial score (nSPS) is 27.2. The summed E-state index contributed by atoms with van der Waals surface area (Å²) in [4.78, 5) is 14.2. The molecule has 2 aliphatic heterocycles. The summed E-state index contributed by atoms with van der Waals surface area (Å²) in [6, 6.07) is 0.437.